The minimum absolute atomic E-state index is 0.0749. The zero-order valence-corrected chi connectivity index (χ0v) is 17.2. The summed E-state index contributed by atoms with van der Waals surface area (Å²) in [5, 5.41) is 1.26. The molecule has 0 radical (unpaired) electrons. The molecule has 0 aliphatic carbocycles. The Kier molecular flexibility index (Phi) is 4.90. The molecule has 138 valence electrons. The van der Waals surface area contributed by atoms with Crippen LogP contribution < -0.4 is 9.80 Å². The van der Waals surface area contributed by atoms with Crippen molar-refractivity contribution in [2.24, 2.45) is 0 Å². The molecule has 0 saturated heterocycles. The molecule has 0 spiro atoms. The predicted octanol–water partition coefficient (Wildman–Crippen LogP) is 3.01. The molecule has 2 aromatic carbocycles. The van der Waals surface area contributed by atoms with E-state index in [9.17, 15) is 4.79 Å². The van der Waals surface area contributed by atoms with E-state index in [0.29, 0.717) is 11.6 Å². The van der Waals surface area contributed by atoms with Gasteiger partial charge < -0.3 is 4.90 Å². The van der Waals surface area contributed by atoms with Gasteiger partial charge in [0.2, 0.25) is 0 Å². The first-order valence-electron chi connectivity index (χ1n) is 8.85. The number of aryl methyl sites for hydroxylation is 1. The molecule has 0 aliphatic rings. The molecule has 0 aliphatic heterocycles. The summed E-state index contributed by atoms with van der Waals surface area (Å²) in [6.45, 7) is 3.50. The van der Waals surface area contributed by atoms with Gasteiger partial charge in [0.05, 0.1) is 47.6 Å². The number of rotatable bonds is 5. The first-order valence-corrected chi connectivity index (χ1v) is 10.5. The fraction of sp³-hybridized carbons (Fsp3) is 0.250. The number of hydrogen-bond donors (Lipinski definition) is 1. The van der Waals surface area contributed by atoms with Gasteiger partial charge in [0.15, 0.2) is 10.1 Å². The van der Waals surface area contributed by atoms with Gasteiger partial charge in [-0.1, -0.05) is 35.6 Å². The van der Waals surface area contributed by atoms with Crippen LogP contribution in [0, 0.1) is 6.92 Å². The van der Waals surface area contributed by atoms with Crippen LogP contribution in [0.3, 0.4) is 0 Å². The Bertz CT molecular complexity index is 1080. The normalized spacial score (nSPS) is 11.6. The van der Waals surface area contributed by atoms with Crippen LogP contribution in [0.25, 0.3) is 20.4 Å². The molecular weight excluding hydrogens is 376 g/mol. The second-order valence-corrected chi connectivity index (χ2v) is 8.86. The maximum absolute atomic E-state index is 13.3. The fourth-order valence-electron chi connectivity index (χ4n) is 2.89. The summed E-state index contributed by atoms with van der Waals surface area (Å²) < 4.78 is 2.13. The molecular formula is C20H21N4OS2+. The van der Waals surface area contributed by atoms with Crippen LogP contribution >= 0.6 is 22.7 Å². The first-order chi connectivity index (χ1) is 13.0. The van der Waals surface area contributed by atoms with Gasteiger partial charge in [0, 0.05) is 0 Å². The van der Waals surface area contributed by atoms with E-state index in [4.69, 9.17) is 4.98 Å². The number of para-hydroxylation sites is 2. The van der Waals surface area contributed by atoms with E-state index in [1.54, 1.807) is 16.2 Å². The molecule has 1 N–H and O–H groups in total. The van der Waals surface area contributed by atoms with Crippen molar-refractivity contribution in [1.29, 1.82) is 0 Å². The van der Waals surface area contributed by atoms with Crippen LogP contribution in [0.5, 0.6) is 0 Å². The van der Waals surface area contributed by atoms with Gasteiger partial charge in [0.1, 0.15) is 0 Å². The largest absolute Gasteiger partial charge is 0.338 e. The van der Waals surface area contributed by atoms with Crippen molar-refractivity contribution in [2.75, 3.05) is 32.1 Å². The van der Waals surface area contributed by atoms with Crippen LogP contribution in [0.15, 0.2) is 42.5 Å². The van der Waals surface area contributed by atoms with Gasteiger partial charge in [0.25, 0.3) is 5.91 Å². The number of thiazole rings is 2. The summed E-state index contributed by atoms with van der Waals surface area (Å²) in [5.41, 5.74) is 2.96. The van der Waals surface area contributed by atoms with Crippen molar-refractivity contribution < 1.29 is 9.69 Å². The van der Waals surface area contributed by atoms with E-state index in [0.717, 1.165) is 37.7 Å². The predicted molar refractivity (Wildman–Crippen MR) is 113 cm³/mol. The number of quaternary nitrogens is 1. The lowest BCUT2D eigenvalue weighted by Crippen LogP contribution is -3.06. The van der Waals surface area contributed by atoms with Crippen LogP contribution in [0.2, 0.25) is 0 Å². The van der Waals surface area contributed by atoms with Crippen molar-refractivity contribution in [3.05, 3.63) is 53.0 Å². The standard InChI is InChI=1S/C20H20N4OS2/c1-13-7-6-10-16-17(13)22-20(27-16)24(12-11-23(2)3)19(25)18-21-14-8-4-5-9-15(14)26-18/h4-10H,11-12H2,1-3H3/p+1. The summed E-state index contributed by atoms with van der Waals surface area (Å²) in [7, 11) is 4.17. The third-order valence-electron chi connectivity index (χ3n) is 4.40. The number of anilines is 1. The molecule has 4 aromatic rings. The average molecular weight is 398 g/mol. The number of nitrogens with zero attached hydrogens (tertiary/aromatic N) is 3. The van der Waals surface area contributed by atoms with E-state index < -0.39 is 0 Å². The van der Waals surface area contributed by atoms with Gasteiger partial charge in [-0.25, -0.2) is 9.97 Å². The molecule has 7 heteroatoms. The zero-order valence-electron chi connectivity index (χ0n) is 15.5. The maximum atomic E-state index is 13.3. The Morgan fingerprint density at radius 3 is 2.56 bits per heavy atom. The maximum Gasteiger partial charge on any atom is 0.289 e. The number of benzene rings is 2. The van der Waals surface area contributed by atoms with Crippen molar-refractivity contribution in [1.82, 2.24) is 9.97 Å². The van der Waals surface area contributed by atoms with Crippen LogP contribution in [-0.2, 0) is 0 Å². The summed E-state index contributed by atoms with van der Waals surface area (Å²) in [5.74, 6) is -0.0749. The first kappa shape index (κ1) is 18.0. The lowest BCUT2D eigenvalue weighted by Gasteiger charge is -2.19. The average Bonchev–Trinajstić information content (AvgIpc) is 3.26. The van der Waals surface area contributed by atoms with Gasteiger partial charge in [-0.05, 0) is 30.7 Å². The minimum Gasteiger partial charge on any atom is -0.338 e. The second-order valence-electron chi connectivity index (χ2n) is 6.82. The Balaban J connectivity index is 1.74. The van der Waals surface area contributed by atoms with Crippen molar-refractivity contribution in [2.45, 2.75) is 6.92 Å². The lowest BCUT2D eigenvalue weighted by molar-refractivity contribution is -0.856. The van der Waals surface area contributed by atoms with E-state index in [1.165, 1.54) is 16.2 Å². The number of fused-ring (bicyclic) bond motifs is 2. The monoisotopic (exact) mass is 397 g/mol. The molecule has 2 aromatic heterocycles. The molecule has 0 unspecified atom stereocenters. The quantitative estimate of drug-likeness (QED) is 0.563. The molecule has 0 saturated carbocycles. The van der Waals surface area contributed by atoms with Crippen molar-refractivity contribution in [3.8, 4) is 0 Å². The third kappa shape index (κ3) is 3.58. The Morgan fingerprint density at radius 1 is 1.04 bits per heavy atom. The number of aromatic nitrogens is 2. The highest BCUT2D eigenvalue weighted by Crippen LogP contribution is 2.32. The molecule has 27 heavy (non-hydrogen) atoms. The zero-order chi connectivity index (χ0) is 19.0. The van der Waals surface area contributed by atoms with Gasteiger partial charge >= 0.3 is 0 Å². The lowest BCUT2D eigenvalue weighted by atomic mass is 10.2. The number of hydrogen-bond acceptors (Lipinski definition) is 5. The molecule has 0 bridgehead atoms. The number of carbonyl (C=O) groups excluding carboxylic acids is 1. The van der Waals surface area contributed by atoms with E-state index in [1.807, 2.05) is 30.3 Å². The summed E-state index contributed by atoms with van der Waals surface area (Å²) >= 11 is 3.00. The van der Waals surface area contributed by atoms with Gasteiger partial charge in [-0.15, -0.1) is 11.3 Å². The summed E-state index contributed by atoms with van der Waals surface area (Å²) in [4.78, 5) is 25.7. The van der Waals surface area contributed by atoms with Crippen LogP contribution in [0.1, 0.15) is 15.4 Å². The summed E-state index contributed by atoms with van der Waals surface area (Å²) in [6, 6.07) is 14.0. The molecule has 0 atom stereocenters. The van der Waals surface area contributed by atoms with E-state index in [-0.39, 0.29) is 5.91 Å². The number of likely N-dealkylation sites (N-methyl/N-ethyl adjacent to an activating group) is 1. The number of amides is 1. The SMILES string of the molecule is Cc1cccc2sc(N(CC[NH+](C)C)C(=O)c3nc4ccccc4s3)nc12. The number of carbonyl (C=O) groups is 1. The Morgan fingerprint density at radius 2 is 1.81 bits per heavy atom. The minimum atomic E-state index is -0.0749. The Labute approximate surface area is 165 Å². The molecule has 5 nitrogen and oxygen atoms in total. The fourth-order valence-corrected chi connectivity index (χ4v) is 4.87. The number of nitrogens with one attached hydrogen (secondary N) is 1. The topological polar surface area (TPSA) is 50.5 Å². The highest BCUT2D eigenvalue weighted by Gasteiger charge is 2.25. The van der Waals surface area contributed by atoms with Crippen LogP contribution in [0.4, 0.5) is 5.13 Å². The van der Waals surface area contributed by atoms with Crippen molar-refractivity contribution in [3.63, 3.8) is 0 Å². The van der Waals surface area contributed by atoms with Gasteiger partial charge in [-0.3, -0.25) is 9.69 Å². The third-order valence-corrected chi connectivity index (χ3v) is 6.47. The van der Waals surface area contributed by atoms with E-state index >= 15 is 0 Å². The van der Waals surface area contributed by atoms with Gasteiger partial charge in [-0.2, -0.15) is 0 Å². The summed E-state index contributed by atoms with van der Waals surface area (Å²) in [6.07, 6.45) is 0. The Hall–Kier alpha value is -2.35. The molecule has 4 rings (SSSR count). The molecule has 1 amide bonds. The highest BCUT2D eigenvalue weighted by atomic mass is 32.1. The molecule has 0 fully saturated rings. The van der Waals surface area contributed by atoms with Crippen molar-refractivity contribution >= 4 is 54.1 Å². The van der Waals surface area contributed by atoms with E-state index in [2.05, 4.69) is 38.1 Å². The highest BCUT2D eigenvalue weighted by molar-refractivity contribution is 7.23. The van der Waals surface area contributed by atoms with Crippen LogP contribution in [-0.4, -0.2) is 43.1 Å². The smallest absolute Gasteiger partial charge is 0.289 e. The molecule has 2 heterocycles. The second kappa shape index (κ2) is 7.34.